The van der Waals surface area contributed by atoms with Crippen LogP contribution in [0.4, 0.5) is 11.4 Å². The number of amides is 2. The van der Waals surface area contributed by atoms with Gasteiger partial charge in [-0.1, -0.05) is 50.8 Å². The SMILES string of the molecule is CCCCCCCOc1ccc(C(=O)Nc2cccc(C(=O)Nc3cccc(C)c3)c2)cc1. The van der Waals surface area contributed by atoms with Crippen LogP contribution in [0.1, 0.15) is 65.3 Å². The van der Waals surface area contributed by atoms with Crippen LogP contribution in [0.5, 0.6) is 5.75 Å². The van der Waals surface area contributed by atoms with Crippen molar-refractivity contribution in [2.24, 2.45) is 0 Å². The van der Waals surface area contributed by atoms with E-state index >= 15 is 0 Å². The predicted molar refractivity (Wildman–Crippen MR) is 134 cm³/mol. The highest BCUT2D eigenvalue weighted by Gasteiger charge is 2.10. The number of benzene rings is 3. The molecule has 0 aliphatic heterocycles. The average molecular weight is 445 g/mol. The Balaban J connectivity index is 1.53. The van der Waals surface area contributed by atoms with Crippen LogP contribution in [-0.4, -0.2) is 18.4 Å². The van der Waals surface area contributed by atoms with Gasteiger partial charge in [-0.3, -0.25) is 9.59 Å². The van der Waals surface area contributed by atoms with Crippen molar-refractivity contribution in [2.45, 2.75) is 46.0 Å². The molecule has 33 heavy (non-hydrogen) atoms. The molecule has 2 N–H and O–H groups in total. The molecule has 3 aromatic carbocycles. The number of hydrogen-bond donors (Lipinski definition) is 2. The molecule has 5 nitrogen and oxygen atoms in total. The Morgan fingerprint density at radius 3 is 2.06 bits per heavy atom. The highest BCUT2D eigenvalue weighted by Crippen LogP contribution is 2.17. The number of aryl methyl sites for hydroxylation is 1. The lowest BCUT2D eigenvalue weighted by atomic mass is 10.1. The number of nitrogens with one attached hydrogen (secondary N) is 2. The maximum absolute atomic E-state index is 12.6. The first-order chi connectivity index (χ1) is 16.0. The third kappa shape index (κ3) is 7.79. The molecule has 0 atom stereocenters. The fourth-order valence-electron chi connectivity index (χ4n) is 3.47. The molecule has 0 heterocycles. The van der Waals surface area contributed by atoms with Crippen molar-refractivity contribution in [3.8, 4) is 5.75 Å². The van der Waals surface area contributed by atoms with Gasteiger partial charge in [0, 0.05) is 22.5 Å². The first-order valence-electron chi connectivity index (χ1n) is 11.6. The Hall–Kier alpha value is -3.60. The van der Waals surface area contributed by atoms with E-state index in [-0.39, 0.29) is 11.8 Å². The fourth-order valence-corrected chi connectivity index (χ4v) is 3.47. The van der Waals surface area contributed by atoms with Crippen LogP contribution >= 0.6 is 0 Å². The Kier molecular flexibility index (Phi) is 9.07. The third-order valence-electron chi connectivity index (χ3n) is 5.29. The zero-order valence-corrected chi connectivity index (χ0v) is 19.4. The standard InChI is InChI=1S/C28H32N2O3/c1-3-4-5-6-7-18-33-26-16-14-22(15-17-26)27(31)30-25-13-9-11-23(20-25)28(32)29-24-12-8-10-21(2)19-24/h8-17,19-20H,3-7,18H2,1-2H3,(H,29,32)(H,30,31). The molecule has 3 aromatic rings. The van der Waals surface area contributed by atoms with Crippen molar-refractivity contribution in [2.75, 3.05) is 17.2 Å². The lowest BCUT2D eigenvalue weighted by Gasteiger charge is -2.10. The van der Waals surface area contributed by atoms with Gasteiger partial charge >= 0.3 is 0 Å². The van der Waals surface area contributed by atoms with Gasteiger partial charge in [-0.25, -0.2) is 0 Å². The molecule has 0 unspecified atom stereocenters. The van der Waals surface area contributed by atoms with Crippen LogP contribution in [0.15, 0.2) is 72.8 Å². The number of rotatable bonds is 11. The van der Waals surface area contributed by atoms with Crippen LogP contribution in [0, 0.1) is 6.92 Å². The summed E-state index contributed by atoms with van der Waals surface area (Å²) in [5.41, 5.74) is 3.36. The molecule has 5 heteroatoms. The van der Waals surface area contributed by atoms with Crippen LogP contribution in [0.3, 0.4) is 0 Å². The highest BCUT2D eigenvalue weighted by atomic mass is 16.5. The van der Waals surface area contributed by atoms with E-state index < -0.39 is 0 Å². The summed E-state index contributed by atoms with van der Waals surface area (Å²) >= 11 is 0. The van der Waals surface area contributed by atoms with Gasteiger partial charge in [0.15, 0.2) is 0 Å². The number of anilines is 2. The molecule has 2 amide bonds. The largest absolute Gasteiger partial charge is 0.494 e. The second-order valence-electron chi connectivity index (χ2n) is 8.15. The predicted octanol–water partition coefficient (Wildman–Crippen LogP) is 6.85. The molecular formula is C28H32N2O3. The van der Waals surface area contributed by atoms with Gasteiger partial charge in [-0.15, -0.1) is 0 Å². The Morgan fingerprint density at radius 1 is 0.727 bits per heavy atom. The van der Waals surface area contributed by atoms with Crippen molar-refractivity contribution >= 4 is 23.2 Å². The van der Waals surface area contributed by atoms with E-state index in [1.807, 2.05) is 43.3 Å². The number of unbranched alkanes of at least 4 members (excludes halogenated alkanes) is 4. The van der Waals surface area contributed by atoms with Gasteiger partial charge in [-0.05, 0) is 73.5 Å². The zero-order valence-electron chi connectivity index (χ0n) is 19.4. The molecular weight excluding hydrogens is 412 g/mol. The van der Waals surface area contributed by atoms with E-state index in [9.17, 15) is 9.59 Å². The summed E-state index contributed by atoms with van der Waals surface area (Å²) < 4.78 is 5.76. The molecule has 0 aliphatic rings. The molecule has 0 spiro atoms. The second kappa shape index (κ2) is 12.4. The minimum atomic E-state index is -0.239. The lowest BCUT2D eigenvalue weighted by Crippen LogP contribution is -2.14. The lowest BCUT2D eigenvalue weighted by molar-refractivity contribution is 0.101. The van der Waals surface area contributed by atoms with Gasteiger partial charge in [0.2, 0.25) is 0 Å². The second-order valence-corrected chi connectivity index (χ2v) is 8.15. The Labute approximate surface area is 196 Å². The van der Waals surface area contributed by atoms with Gasteiger partial charge in [0.05, 0.1) is 6.61 Å². The van der Waals surface area contributed by atoms with Crippen LogP contribution in [0.25, 0.3) is 0 Å². The summed E-state index contributed by atoms with van der Waals surface area (Å²) in [7, 11) is 0. The van der Waals surface area contributed by atoms with Gasteiger partial charge < -0.3 is 15.4 Å². The summed E-state index contributed by atoms with van der Waals surface area (Å²) in [4.78, 5) is 25.2. The molecule has 0 fully saturated rings. The summed E-state index contributed by atoms with van der Waals surface area (Å²) in [5, 5.41) is 5.74. The van der Waals surface area contributed by atoms with E-state index in [0.717, 1.165) is 23.4 Å². The molecule has 172 valence electrons. The van der Waals surface area contributed by atoms with Crippen molar-refractivity contribution < 1.29 is 14.3 Å². The summed E-state index contributed by atoms with van der Waals surface area (Å²) in [5.74, 6) is 0.294. The van der Waals surface area contributed by atoms with Crippen LogP contribution in [-0.2, 0) is 0 Å². The zero-order chi connectivity index (χ0) is 23.5. The highest BCUT2D eigenvalue weighted by molar-refractivity contribution is 6.07. The quantitative estimate of drug-likeness (QED) is 0.318. The monoisotopic (exact) mass is 444 g/mol. The van der Waals surface area contributed by atoms with Crippen LogP contribution < -0.4 is 15.4 Å². The van der Waals surface area contributed by atoms with E-state index in [1.54, 1.807) is 36.4 Å². The van der Waals surface area contributed by atoms with Crippen LogP contribution in [0.2, 0.25) is 0 Å². The van der Waals surface area contributed by atoms with Crippen molar-refractivity contribution in [1.82, 2.24) is 0 Å². The molecule has 0 saturated heterocycles. The summed E-state index contributed by atoms with van der Waals surface area (Å²) in [6, 6.07) is 21.6. The average Bonchev–Trinajstić information content (AvgIpc) is 2.82. The number of ether oxygens (including phenoxy) is 1. The molecule has 0 bridgehead atoms. The Morgan fingerprint density at radius 2 is 1.36 bits per heavy atom. The smallest absolute Gasteiger partial charge is 0.255 e. The van der Waals surface area contributed by atoms with E-state index in [4.69, 9.17) is 4.74 Å². The fraction of sp³-hybridized carbons (Fsp3) is 0.286. The molecule has 0 aromatic heterocycles. The summed E-state index contributed by atoms with van der Waals surface area (Å²) in [6.07, 6.45) is 5.96. The number of hydrogen-bond acceptors (Lipinski definition) is 3. The molecule has 0 aliphatic carbocycles. The number of carbonyl (C=O) groups excluding carboxylic acids is 2. The van der Waals surface area contributed by atoms with Crippen molar-refractivity contribution in [3.63, 3.8) is 0 Å². The topological polar surface area (TPSA) is 67.4 Å². The van der Waals surface area contributed by atoms with Gasteiger partial charge in [0.1, 0.15) is 5.75 Å². The van der Waals surface area contributed by atoms with E-state index in [2.05, 4.69) is 17.6 Å². The van der Waals surface area contributed by atoms with E-state index in [1.165, 1.54) is 25.7 Å². The first kappa shape index (κ1) is 24.1. The van der Waals surface area contributed by atoms with E-state index in [0.29, 0.717) is 23.4 Å². The Bertz CT molecular complexity index is 1060. The van der Waals surface area contributed by atoms with Gasteiger partial charge in [-0.2, -0.15) is 0 Å². The molecule has 0 saturated carbocycles. The first-order valence-corrected chi connectivity index (χ1v) is 11.6. The molecule has 0 radical (unpaired) electrons. The van der Waals surface area contributed by atoms with Crippen molar-refractivity contribution in [3.05, 3.63) is 89.5 Å². The normalized spacial score (nSPS) is 10.5. The summed E-state index contributed by atoms with van der Waals surface area (Å²) in [6.45, 7) is 4.86. The minimum Gasteiger partial charge on any atom is -0.494 e. The molecule has 3 rings (SSSR count). The third-order valence-corrected chi connectivity index (χ3v) is 5.29. The maximum Gasteiger partial charge on any atom is 0.255 e. The maximum atomic E-state index is 12.6. The van der Waals surface area contributed by atoms with Crippen molar-refractivity contribution in [1.29, 1.82) is 0 Å². The van der Waals surface area contributed by atoms with Gasteiger partial charge in [0.25, 0.3) is 11.8 Å². The number of carbonyl (C=O) groups is 2. The minimum absolute atomic E-state index is 0.229.